The average molecular weight is 239 g/mol. The standard InChI is InChI=1S/C13H21NO3/c1-12(6-7-12)11(15)14-10-2-4-13(5-3-10)16-8-9-17-13/h10H,2-9H2,1H3,(H,14,15). The third kappa shape index (κ3) is 2.20. The Bertz CT molecular complexity index is 309. The van der Waals surface area contributed by atoms with Crippen LogP contribution in [0.5, 0.6) is 0 Å². The van der Waals surface area contributed by atoms with Crippen LogP contribution < -0.4 is 5.32 Å². The third-order valence-electron chi connectivity index (χ3n) is 4.44. The topological polar surface area (TPSA) is 47.6 Å². The van der Waals surface area contributed by atoms with E-state index in [1.807, 2.05) is 0 Å². The molecule has 1 N–H and O–H groups in total. The fourth-order valence-electron chi connectivity index (χ4n) is 2.76. The van der Waals surface area contributed by atoms with Crippen LogP contribution in [0.15, 0.2) is 0 Å². The molecule has 0 aromatic rings. The van der Waals surface area contributed by atoms with Gasteiger partial charge in [0.15, 0.2) is 5.79 Å². The Morgan fingerprint density at radius 1 is 1.12 bits per heavy atom. The molecule has 0 atom stereocenters. The average Bonchev–Trinajstić information content (AvgIpc) is 2.92. The molecule has 0 unspecified atom stereocenters. The first-order valence-corrected chi connectivity index (χ1v) is 6.71. The number of nitrogens with one attached hydrogen (secondary N) is 1. The van der Waals surface area contributed by atoms with Gasteiger partial charge in [0, 0.05) is 24.3 Å². The molecule has 1 spiro atoms. The summed E-state index contributed by atoms with van der Waals surface area (Å²) in [4.78, 5) is 11.9. The second-order valence-corrected chi connectivity index (χ2v) is 5.92. The molecule has 3 fully saturated rings. The number of carbonyl (C=O) groups is 1. The van der Waals surface area contributed by atoms with E-state index < -0.39 is 0 Å². The quantitative estimate of drug-likeness (QED) is 0.796. The fourth-order valence-corrected chi connectivity index (χ4v) is 2.76. The number of ether oxygens (including phenoxy) is 2. The van der Waals surface area contributed by atoms with Crippen molar-refractivity contribution in [2.24, 2.45) is 5.41 Å². The van der Waals surface area contributed by atoms with E-state index in [1.165, 1.54) is 0 Å². The van der Waals surface area contributed by atoms with Gasteiger partial charge in [0.05, 0.1) is 13.2 Å². The van der Waals surface area contributed by atoms with E-state index in [1.54, 1.807) is 0 Å². The van der Waals surface area contributed by atoms with Gasteiger partial charge in [-0.3, -0.25) is 4.79 Å². The van der Waals surface area contributed by atoms with Crippen LogP contribution in [0.2, 0.25) is 0 Å². The Kier molecular flexibility index (Phi) is 2.67. The lowest BCUT2D eigenvalue weighted by Gasteiger charge is -2.35. The molecule has 3 rings (SSSR count). The monoisotopic (exact) mass is 239 g/mol. The van der Waals surface area contributed by atoms with Gasteiger partial charge < -0.3 is 14.8 Å². The predicted molar refractivity (Wildman–Crippen MR) is 62.4 cm³/mol. The van der Waals surface area contributed by atoms with Gasteiger partial charge in [-0.2, -0.15) is 0 Å². The van der Waals surface area contributed by atoms with E-state index in [0.29, 0.717) is 6.04 Å². The van der Waals surface area contributed by atoms with Crippen molar-refractivity contribution in [1.29, 1.82) is 0 Å². The summed E-state index contributed by atoms with van der Waals surface area (Å²) in [5.41, 5.74) is -0.0600. The Morgan fingerprint density at radius 2 is 1.71 bits per heavy atom. The summed E-state index contributed by atoms with van der Waals surface area (Å²) in [7, 11) is 0. The molecule has 3 aliphatic rings. The molecule has 0 radical (unpaired) electrons. The summed E-state index contributed by atoms with van der Waals surface area (Å²) in [6.07, 6.45) is 5.86. The van der Waals surface area contributed by atoms with Crippen LogP contribution in [0.1, 0.15) is 45.4 Å². The molecule has 0 aromatic heterocycles. The molecule has 1 amide bonds. The third-order valence-corrected chi connectivity index (χ3v) is 4.44. The zero-order valence-electron chi connectivity index (χ0n) is 10.5. The Balaban J connectivity index is 1.50. The Labute approximate surface area is 102 Å². The summed E-state index contributed by atoms with van der Waals surface area (Å²) in [6.45, 7) is 3.49. The molecule has 1 heterocycles. The molecule has 0 bridgehead atoms. The maximum absolute atomic E-state index is 11.9. The molecular formula is C13H21NO3. The number of hydrogen-bond acceptors (Lipinski definition) is 3. The minimum atomic E-state index is -0.315. The van der Waals surface area contributed by atoms with Gasteiger partial charge in [-0.15, -0.1) is 0 Å². The largest absolute Gasteiger partial charge is 0.353 e. The van der Waals surface area contributed by atoms with Gasteiger partial charge in [0.25, 0.3) is 0 Å². The lowest BCUT2D eigenvalue weighted by molar-refractivity contribution is -0.180. The molecule has 17 heavy (non-hydrogen) atoms. The maximum atomic E-state index is 11.9. The van der Waals surface area contributed by atoms with Gasteiger partial charge in [0.2, 0.25) is 5.91 Å². The van der Waals surface area contributed by atoms with E-state index >= 15 is 0 Å². The SMILES string of the molecule is CC1(C(=O)NC2CCC3(CC2)OCCO3)CC1. The van der Waals surface area contributed by atoms with Crippen molar-refractivity contribution in [3.8, 4) is 0 Å². The van der Waals surface area contributed by atoms with Crippen LogP contribution in [-0.4, -0.2) is 30.9 Å². The first kappa shape index (κ1) is 11.5. The first-order valence-electron chi connectivity index (χ1n) is 6.71. The van der Waals surface area contributed by atoms with Crippen molar-refractivity contribution in [2.45, 2.75) is 57.3 Å². The highest BCUT2D eigenvalue weighted by Crippen LogP contribution is 2.45. The van der Waals surface area contributed by atoms with Crippen molar-refractivity contribution in [1.82, 2.24) is 5.32 Å². The van der Waals surface area contributed by atoms with Gasteiger partial charge in [-0.25, -0.2) is 0 Å². The highest BCUT2D eigenvalue weighted by molar-refractivity contribution is 5.85. The lowest BCUT2D eigenvalue weighted by atomic mass is 9.89. The van der Waals surface area contributed by atoms with Crippen LogP contribution in [0.4, 0.5) is 0 Å². The van der Waals surface area contributed by atoms with Crippen molar-refractivity contribution >= 4 is 5.91 Å². The molecule has 2 saturated carbocycles. The van der Waals surface area contributed by atoms with Crippen molar-refractivity contribution < 1.29 is 14.3 Å². The number of amides is 1. The zero-order chi connectivity index (χ0) is 11.9. The van der Waals surface area contributed by atoms with Crippen molar-refractivity contribution in [3.63, 3.8) is 0 Å². The summed E-state index contributed by atoms with van der Waals surface area (Å²) in [6, 6.07) is 0.318. The van der Waals surface area contributed by atoms with Crippen LogP contribution >= 0.6 is 0 Å². The number of rotatable bonds is 2. The fraction of sp³-hybridized carbons (Fsp3) is 0.923. The molecule has 4 heteroatoms. The van der Waals surface area contributed by atoms with Crippen LogP contribution in [-0.2, 0) is 14.3 Å². The Morgan fingerprint density at radius 3 is 2.24 bits per heavy atom. The van der Waals surface area contributed by atoms with Crippen LogP contribution in [0, 0.1) is 5.41 Å². The molecular weight excluding hydrogens is 218 g/mol. The van der Waals surface area contributed by atoms with Gasteiger partial charge in [-0.05, 0) is 25.7 Å². The molecule has 2 aliphatic carbocycles. The van der Waals surface area contributed by atoms with E-state index in [-0.39, 0.29) is 17.1 Å². The van der Waals surface area contributed by atoms with E-state index in [2.05, 4.69) is 12.2 Å². The van der Waals surface area contributed by atoms with Gasteiger partial charge in [0.1, 0.15) is 0 Å². The molecule has 96 valence electrons. The Hall–Kier alpha value is -0.610. The smallest absolute Gasteiger partial charge is 0.226 e. The normalized spacial score (nSPS) is 30.4. The van der Waals surface area contributed by atoms with Gasteiger partial charge in [-0.1, -0.05) is 6.92 Å². The summed E-state index contributed by atoms with van der Waals surface area (Å²) >= 11 is 0. The molecule has 0 aromatic carbocycles. The van der Waals surface area contributed by atoms with Gasteiger partial charge >= 0.3 is 0 Å². The highest BCUT2D eigenvalue weighted by Gasteiger charge is 2.46. The minimum Gasteiger partial charge on any atom is -0.353 e. The molecule has 1 aliphatic heterocycles. The summed E-state index contributed by atoms with van der Waals surface area (Å²) in [5.74, 6) is -0.0724. The lowest BCUT2D eigenvalue weighted by Crippen LogP contribution is -2.45. The summed E-state index contributed by atoms with van der Waals surface area (Å²) < 4.78 is 11.4. The summed E-state index contributed by atoms with van der Waals surface area (Å²) in [5, 5.41) is 3.18. The van der Waals surface area contributed by atoms with Crippen LogP contribution in [0.3, 0.4) is 0 Å². The predicted octanol–water partition coefficient (Wildman–Crippen LogP) is 1.59. The number of hydrogen-bond donors (Lipinski definition) is 1. The van der Waals surface area contributed by atoms with E-state index in [9.17, 15) is 4.79 Å². The minimum absolute atomic E-state index is 0.0600. The zero-order valence-corrected chi connectivity index (χ0v) is 10.5. The first-order chi connectivity index (χ1) is 8.12. The second kappa shape index (κ2) is 3.95. The molecule has 1 saturated heterocycles. The maximum Gasteiger partial charge on any atom is 0.226 e. The van der Waals surface area contributed by atoms with E-state index in [0.717, 1.165) is 51.7 Å². The van der Waals surface area contributed by atoms with Crippen molar-refractivity contribution in [3.05, 3.63) is 0 Å². The van der Waals surface area contributed by atoms with E-state index in [4.69, 9.17) is 9.47 Å². The van der Waals surface area contributed by atoms with Crippen molar-refractivity contribution in [2.75, 3.05) is 13.2 Å². The second-order valence-electron chi connectivity index (χ2n) is 5.92. The highest BCUT2D eigenvalue weighted by atomic mass is 16.7. The van der Waals surface area contributed by atoms with Crippen LogP contribution in [0.25, 0.3) is 0 Å². The molecule has 4 nitrogen and oxygen atoms in total. The number of carbonyl (C=O) groups excluding carboxylic acids is 1.